The van der Waals surface area contributed by atoms with Crippen LogP contribution in [0.3, 0.4) is 0 Å². The van der Waals surface area contributed by atoms with Crippen LogP contribution < -0.4 is 0 Å². The number of hydrogen-bond donors (Lipinski definition) is 1. The van der Waals surface area contributed by atoms with Gasteiger partial charge >= 0.3 is 5.97 Å². The van der Waals surface area contributed by atoms with Gasteiger partial charge in [-0.25, -0.2) is 0 Å². The molecule has 0 spiro atoms. The van der Waals surface area contributed by atoms with Crippen molar-refractivity contribution in [2.24, 2.45) is 11.8 Å². The van der Waals surface area contributed by atoms with Crippen LogP contribution in [0.1, 0.15) is 12.8 Å². The number of nitrogens with zero attached hydrogens (tertiary/aromatic N) is 1. The fourth-order valence-electron chi connectivity index (χ4n) is 3.05. The summed E-state index contributed by atoms with van der Waals surface area (Å²) in [5.74, 6) is -2.22. The first-order valence-corrected chi connectivity index (χ1v) is 6.04. The highest BCUT2D eigenvalue weighted by Gasteiger charge is 2.54. The van der Waals surface area contributed by atoms with E-state index < -0.39 is 23.9 Å². The number of amides is 1. The van der Waals surface area contributed by atoms with Gasteiger partial charge in [-0.05, 0) is 12.8 Å². The topological polar surface area (TPSA) is 66.8 Å². The smallest absolute Gasteiger partial charge is 0.310 e. The minimum atomic E-state index is -0.931. The Kier molecular flexibility index (Phi) is 2.43. The second kappa shape index (κ2) is 3.84. The largest absolute Gasteiger partial charge is 0.481 e. The molecule has 0 saturated carbocycles. The molecule has 0 aromatic heterocycles. The van der Waals surface area contributed by atoms with E-state index in [9.17, 15) is 14.7 Å². The van der Waals surface area contributed by atoms with Gasteiger partial charge in [0.2, 0.25) is 5.91 Å². The summed E-state index contributed by atoms with van der Waals surface area (Å²) in [7, 11) is 0. The van der Waals surface area contributed by atoms with Crippen molar-refractivity contribution in [3.8, 4) is 0 Å². The number of carboxylic acid groups (broad SMARTS) is 1. The minimum absolute atomic E-state index is 0.0493. The molecule has 2 fully saturated rings. The molecule has 3 rings (SSSR count). The Bertz CT molecular complexity index is 386. The van der Waals surface area contributed by atoms with Gasteiger partial charge in [0.25, 0.3) is 0 Å². The molecular weight excluding hydrogens is 222 g/mol. The number of ether oxygens (including phenoxy) is 1. The summed E-state index contributed by atoms with van der Waals surface area (Å²) in [5, 5.41) is 9.21. The first kappa shape index (κ1) is 10.8. The predicted molar refractivity (Wildman–Crippen MR) is 58.2 cm³/mol. The van der Waals surface area contributed by atoms with E-state index in [1.807, 2.05) is 6.08 Å². The molecule has 0 aromatic carbocycles. The van der Waals surface area contributed by atoms with Crippen LogP contribution in [-0.4, -0.2) is 47.2 Å². The van der Waals surface area contributed by atoms with E-state index in [2.05, 4.69) is 0 Å². The molecule has 1 N–H and O–H groups in total. The van der Waals surface area contributed by atoms with Gasteiger partial charge < -0.3 is 14.7 Å². The highest BCUT2D eigenvalue weighted by molar-refractivity contribution is 5.87. The van der Waals surface area contributed by atoms with Gasteiger partial charge in [-0.2, -0.15) is 0 Å². The lowest BCUT2D eigenvalue weighted by atomic mass is 9.82. The van der Waals surface area contributed by atoms with E-state index in [0.29, 0.717) is 0 Å². The summed E-state index contributed by atoms with van der Waals surface area (Å²) in [6, 6.07) is 0. The molecule has 0 aliphatic carbocycles. The summed E-state index contributed by atoms with van der Waals surface area (Å²) >= 11 is 0. The van der Waals surface area contributed by atoms with Crippen LogP contribution in [0.2, 0.25) is 0 Å². The van der Waals surface area contributed by atoms with Crippen LogP contribution in [-0.2, 0) is 14.3 Å². The first-order valence-electron chi connectivity index (χ1n) is 6.04. The van der Waals surface area contributed by atoms with Crippen molar-refractivity contribution in [2.45, 2.75) is 25.0 Å². The van der Waals surface area contributed by atoms with Crippen LogP contribution >= 0.6 is 0 Å². The van der Waals surface area contributed by atoms with Crippen molar-refractivity contribution in [3.63, 3.8) is 0 Å². The van der Waals surface area contributed by atoms with Crippen LogP contribution in [0.5, 0.6) is 0 Å². The maximum absolute atomic E-state index is 12.3. The van der Waals surface area contributed by atoms with Gasteiger partial charge in [-0.3, -0.25) is 9.59 Å². The standard InChI is InChI=1S/C12H15NO4/c14-11(13-5-1-2-6-13)9-7-3-4-8(17-7)10(9)12(15)16/h3-4,7-10H,1-2,5-6H2,(H,15,16)/t7-,8+,9+,10-/m1/s1. The zero-order valence-electron chi connectivity index (χ0n) is 9.41. The Hall–Kier alpha value is -1.36. The second-order valence-corrected chi connectivity index (χ2v) is 4.87. The quantitative estimate of drug-likeness (QED) is 0.700. The normalized spacial score (nSPS) is 38.9. The molecule has 0 aromatic rings. The summed E-state index contributed by atoms with van der Waals surface area (Å²) in [4.78, 5) is 25.3. The number of carbonyl (C=O) groups is 2. The van der Waals surface area contributed by atoms with E-state index in [0.717, 1.165) is 25.9 Å². The van der Waals surface area contributed by atoms with Crippen molar-refractivity contribution >= 4 is 11.9 Å². The minimum Gasteiger partial charge on any atom is -0.481 e. The number of rotatable bonds is 2. The molecule has 4 atom stereocenters. The summed E-state index contributed by atoms with van der Waals surface area (Å²) in [5.41, 5.74) is 0. The molecule has 3 heterocycles. The zero-order chi connectivity index (χ0) is 12.0. The van der Waals surface area contributed by atoms with Crippen LogP contribution in [0.25, 0.3) is 0 Å². The molecule has 17 heavy (non-hydrogen) atoms. The highest BCUT2D eigenvalue weighted by Crippen LogP contribution is 2.40. The molecule has 3 aliphatic rings. The molecule has 5 heteroatoms. The average molecular weight is 237 g/mol. The van der Waals surface area contributed by atoms with Crippen LogP contribution in [0.15, 0.2) is 12.2 Å². The lowest BCUT2D eigenvalue weighted by molar-refractivity contribution is -0.149. The maximum Gasteiger partial charge on any atom is 0.310 e. The van der Waals surface area contributed by atoms with E-state index in [1.54, 1.807) is 11.0 Å². The molecule has 0 radical (unpaired) electrons. The van der Waals surface area contributed by atoms with Crippen LogP contribution in [0, 0.1) is 11.8 Å². The Labute approximate surface area is 99.0 Å². The zero-order valence-corrected chi connectivity index (χ0v) is 9.41. The third-order valence-corrected chi connectivity index (χ3v) is 3.89. The predicted octanol–water partition coefficient (Wildman–Crippen LogP) is 0.263. The van der Waals surface area contributed by atoms with Gasteiger partial charge in [0, 0.05) is 13.1 Å². The second-order valence-electron chi connectivity index (χ2n) is 4.87. The Balaban J connectivity index is 1.83. The van der Waals surface area contributed by atoms with E-state index in [-0.39, 0.29) is 12.0 Å². The molecule has 2 bridgehead atoms. The molecule has 1 amide bonds. The number of aliphatic carboxylic acids is 1. The molecule has 3 aliphatic heterocycles. The van der Waals surface area contributed by atoms with Crippen LogP contribution in [0.4, 0.5) is 0 Å². The fraction of sp³-hybridized carbons (Fsp3) is 0.667. The lowest BCUT2D eigenvalue weighted by Crippen LogP contribution is -2.43. The van der Waals surface area contributed by atoms with E-state index in [1.165, 1.54) is 0 Å². The van der Waals surface area contributed by atoms with Gasteiger partial charge in [-0.1, -0.05) is 12.2 Å². The van der Waals surface area contributed by atoms with Crippen molar-refractivity contribution in [1.82, 2.24) is 4.90 Å². The third-order valence-electron chi connectivity index (χ3n) is 3.89. The maximum atomic E-state index is 12.3. The van der Waals surface area contributed by atoms with E-state index >= 15 is 0 Å². The number of carboxylic acids is 1. The van der Waals surface area contributed by atoms with E-state index in [4.69, 9.17) is 4.74 Å². The van der Waals surface area contributed by atoms with Crippen molar-refractivity contribution in [1.29, 1.82) is 0 Å². The fourth-order valence-corrected chi connectivity index (χ4v) is 3.05. The van der Waals surface area contributed by atoms with Gasteiger partial charge in [0.1, 0.15) is 5.92 Å². The summed E-state index contributed by atoms with van der Waals surface area (Å²) < 4.78 is 5.50. The third kappa shape index (κ3) is 1.57. The van der Waals surface area contributed by atoms with Crippen molar-refractivity contribution in [3.05, 3.63) is 12.2 Å². The number of carbonyl (C=O) groups excluding carboxylic acids is 1. The summed E-state index contributed by atoms with van der Waals surface area (Å²) in [6.07, 6.45) is 4.85. The Morgan fingerprint density at radius 3 is 2.29 bits per heavy atom. The monoisotopic (exact) mass is 237 g/mol. The Morgan fingerprint density at radius 1 is 1.12 bits per heavy atom. The molecule has 0 unspecified atom stereocenters. The Morgan fingerprint density at radius 2 is 1.71 bits per heavy atom. The van der Waals surface area contributed by atoms with Crippen molar-refractivity contribution in [2.75, 3.05) is 13.1 Å². The highest BCUT2D eigenvalue weighted by atomic mass is 16.5. The van der Waals surface area contributed by atoms with Gasteiger partial charge in [0.05, 0.1) is 18.1 Å². The van der Waals surface area contributed by atoms with Crippen molar-refractivity contribution < 1.29 is 19.4 Å². The number of likely N-dealkylation sites (tertiary alicyclic amines) is 1. The SMILES string of the molecule is O=C(O)[C@H]1[C@@H](C(=O)N2CCCC2)[C@H]2C=C[C@@H]1O2. The molecule has 5 nitrogen and oxygen atoms in total. The molecule has 2 saturated heterocycles. The first-order chi connectivity index (χ1) is 8.18. The van der Waals surface area contributed by atoms with Gasteiger partial charge in [0.15, 0.2) is 0 Å². The molecule has 92 valence electrons. The lowest BCUT2D eigenvalue weighted by Gasteiger charge is -2.25. The average Bonchev–Trinajstić information content (AvgIpc) is 3.02. The number of hydrogen-bond acceptors (Lipinski definition) is 3. The summed E-state index contributed by atoms with van der Waals surface area (Å²) in [6.45, 7) is 1.51. The molecular formula is C12H15NO4. The number of fused-ring (bicyclic) bond motifs is 2. The van der Waals surface area contributed by atoms with Gasteiger partial charge in [-0.15, -0.1) is 0 Å².